The lowest BCUT2D eigenvalue weighted by molar-refractivity contribution is 0.0945. The first kappa shape index (κ1) is 17.0. The van der Waals surface area contributed by atoms with E-state index in [2.05, 4.69) is 21.2 Å². The van der Waals surface area contributed by atoms with Crippen LogP contribution >= 0.6 is 38.2 Å². The molecule has 0 aliphatic carbocycles. The Morgan fingerprint density at radius 2 is 2.19 bits per heavy atom. The molecule has 0 radical (unpaired) electrons. The van der Waals surface area contributed by atoms with Crippen LogP contribution < -0.4 is 5.32 Å². The highest BCUT2D eigenvalue weighted by molar-refractivity contribution is 9.10. The number of carbonyl (C=O) groups is 1. The summed E-state index contributed by atoms with van der Waals surface area (Å²) in [6, 6.07) is 2.42. The summed E-state index contributed by atoms with van der Waals surface area (Å²) in [5.74, 6) is -0.189. The van der Waals surface area contributed by atoms with E-state index in [9.17, 15) is 13.2 Å². The summed E-state index contributed by atoms with van der Waals surface area (Å²) >= 11 is 9.16. The summed E-state index contributed by atoms with van der Waals surface area (Å²) in [5, 5.41) is 2.86. The van der Waals surface area contributed by atoms with Crippen molar-refractivity contribution < 1.29 is 17.9 Å². The van der Waals surface area contributed by atoms with Gasteiger partial charge >= 0.3 is 0 Å². The van der Waals surface area contributed by atoms with Gasteiger partial charge in [-0.1, -0.05) is 11.6 Å². The zero-order valence-electron chi connectivity index (χ0n) is 10.7. The summed E-state index contributed by atoms with van der Waals surface area (Å²) in [6.45, 7) is 1.74. The molecule has 1 N–H and O–H groups in total. The zero-order valence-corrected chi connectivity index (χ0v) is 14.6. The number of rotatable bonds is 4. The molecule has 0 spiro atoms. The van der Waals surface area contributed by atoms with E-state index >= 15 is 0 Å². The summed E-state index contributed by atoms with van der Waals surface area (Å²) in [7, 11) is 1.36. The maximum Gasteiger partial charge on any atom is 0.261 e. The van der Waals surface area contributed by atoms with E-state index in [0.717, 1.165) is 12.5 Å². The molecule has 0 bridgehead atoms. The number of ether oxygens (including phenoxy) is 1. The Bertz CT molecular complexity index is 659. The maximum absolute atomic E-state index is 12.2. The fourth-order valence-corrected chi connectivity index (χ4v) is 3.54. The second-order valence-corrected chi connectivity index (χ2v) is 8.44. The molecule has 116 valence electrons. The number of benzene rings is 1. The maximum atomic E-state index is 12.2. The van der Waals surface area contributed by atoms with Crippen LogP contribution in [0.2, 0.25) is 5.02 Å². The highest BCUT2D eigenvalue weighted by Gasteiger charge is 2.21. The second kappa shape index (κ2) is 6.83. The standard InChI is InChI=1S/C12H12BrCl2NO4S/c13-10-4-8(21(15,18)19)3-9(11(10)14)12(17)16-5-7-1-2-20-6-7/h3-4,7H,1-2,5-6H2,(H,16,17). The van der Waals surface area contributed by atoms with Gasteiger partial charge in [0.1, 0.15) is 0 Å². The summed E-state index contributed by atoms with van der Waals surface area (Å²) < 4.78 is 28.3. The van der Waals surface area contributed by atoms with Crippen molar-refractivity contribution >= 4 is 53.2 Å². The van der Waals surface area contributed by atoms with Gasteiger partial charge in [-0.3, -0.25) is 4.79 Å². The minimum absolute atomic E-state index is 0.0594. The topological polar surface area (TPSA) is 72.5 Å². The van der Waals surface area contributed by atoms with E-state index < -0.39 is 15.0 Å². The molecule has 21 heavy (non-hydrogen) atoms. The summed E-state index contributed by atoms with van der Waals surface area (Å²) in [5.41, 5.74) is 0.0594. The molecule has 1 aliphatic rings. The average molecular weight is 417 g/mol. The number of hydrogen-bond acceptors (Lipinski definition) is 4. The fraction of sp³-hybridized carbons (Fsp3) is 0.417. The van der Waals surface area contributed by atoms with Crippen molar-refractivity contribution in [1.29, 1.82) is 0 Å². The predicted molar refractivity (Wildman–Crippen MR) is 83.5 cm³/mol. The molecule has 1 amide bonds. The van der Waals surface area contributed by atoms with Gasteiger partial charge in [-0.25, -0.2) is 8.42 Å². The van der Waals surface area contributed by atoms with Crippen molar-refractivity contribution in [2.24, 2.45) is 5.92 Å². The molecule has 9 heteroatoms. The van der Waals surface area contributed by atoms with Crippen LogP contribution in [0.5, 0.6) is 0 Å². The monoisotopic (exact) mass is 415 g/mol. The Kier molecular flexibility index (Phi) is 5.54. The van der Waals surface area contributed by atoms with Crippen LogP contribution in [0.15, 0.2) is 21.5 Å². The van der Waals surface area contributed by atoms with Gasteiger partial charge < -0.3 is 10.1 Å². The number of nitrogens with one attached hydrogen (secondary N) is 1. The Balaban J connectivity index is 2.21. The van der Waals surface area contributed by atoms with Gasteiger partial charge in [0.25, 0.3) is 15.0 Å². The van der Waals surface area contributed by atoms with Crippen LogP contribution in [0.3, 0.4) is 0 Å². The van der Waals surface area contributed by atoms with Gasteiger partial charge in [0.2, 0.25) is 0 Å². The molecule has 1 aromatic rings. The smallest absolute Gasteiger partial charge is 0.261 e. The molecule has 5 nitrogen and oxygen atoms in total. The first-order valence-corrected chi connectivity index (χ1v) is 9.56. The van der Waals surface area contributed by atoms with Crippen LogP contribution in [0.1, 0.15) is 16.8 Å². The lowest BCUT2D eigenvalue weighted by Crippen LogP contribution is -2.29. The number of carbonyl (C=O) groups excluding carboxylic acids is 1. The second-order valence-electron chi connectivity index (χ2n) is 4.64. The largest absolute Gasteiger partial charge is 0.381 e. The van der Waals surface area contributed by atoms with Crippen LogP contribution in [-0.4, -0.2) is 34.1 Å². The van der Waals surface area contributed by atoms with E-state index in [0.29, 0.717) is 24.2 Å². The third-order valence-electron chi connectivity index (χ3n) is 3.10. The van der Waals surface area contributed by atoms with Gasteiger partial charge in [-0.2, -0.15) is 0 Å². The quantitative estimate of drug-likeness (QED) is 0.766. The number of halogens is 3. The van der Waals surface area contributed by atoms with E-state index in [1.807, 2.05) is 0 Å². The average Bonchev–Trinajstić information content (AvgIpc) is 2.91. The molecule has 1 saturated heterocycles. The lowest BCUT2D eigenvalue weighted by Gasteiger charge is -2.12. The van der Waals surface area contributed by atoms with E-state index in [4.69, 9.17) is 27.0 Å². The van der Waals surface area contributed by atoms with Crippen LogP contribution in [0.25, 0.3) is 0 Å². The first-order chi connectivity index (χ1) is 9.79. The van der Waals surface area contributed by atoms with E-state index in [1.54, 1.807) is 0 Å². The predicted octanol–water partition coefficient (Wildman–Crippen LogP) is 2.80. The van der Waals surface area contributed by atoms with E-state index in [1.165, 1.54) is 6.07 Å². The molecule has 1 heterocycles. The van der Waals surface area contributed by atoms with Crippen molar-refractivity contribution in [3.63, 3.8) is 0 Å². The molecule has 1 aliphatic heterocycles. The van der Waals surface area contributed by atoms with Gasteiger partial charge in [-0.05, 0) is 34.5 Å². The van der Waals surface area contributed by atoms with Gasteiger partial charge in [0.05, 0.1) is 22.1 Å². The highest BCUT2D eigenvalue weighted by Crippen LogP contribution is 2.31. The molecule has 1 fully saturated rings. The Hall–Kier alpha value is -0.340. The lowest BCUT2D eigenvalue weighted by atomic mass is 10.1. The number of hydrogen-bond donors (Lipinski definition) is 1. The van der Waals surface area contributed by atoms with Crippen LogP contribution in [0.4, 0.5) is 0 Å². The van der Waals surface area contributed by atoms with Gasteiger partial charge in [-0.15, -0.1) is 0 Å². The van der Waals surface area contributed by atoms with Crippen molar-refractivity contribution in [1.82, 2.24) is 5.32 Å². The summed E-state index contributed by atoms with van der Waals surface area (Å²) in [4.78, 5) is 12.0. The molecule has 2 rings (SSSR count). The molecule has 0 aromatic heterocycles. The number of amides is 1. The first-order valence-electron chi connectivity index (χ1n) is 6.08. The summed E-state index contributed by atoms with van der Waals surface area (Å²) in [6.07, 6.45) is 0.883. The highest BCUT2D eigenvalue weighted by atomic mass is 79.9. The van der Waals surface area contributed by atoms with Crippen molar-refractivity contribution in [2.75, 3.05) is 19.8 Å². The Morgan fingerprint density at radius 3 is 2.76 bits per heavy atom. The third kappa shape index (κ3) is 4.32. The SMILES string of the molecule is O=C(NCC1CCOC1)c1cc(S(=O)(=O)Cl)cc(Br)c1Cl. The molecular formula is C12H12BrCl2NO4S. The zero-order chi connectivity index (χ0) is 15.6. The molecule has 0 saturated carbocycles. The Morgan fingerprint density at radius 1 is 1.48 bits per heavy atom. The van der Waals surface area contributed by atoms with Gasteiger partial charge in [0.15, 0.2) is 0 Å². The molecule has 1 unspecified atom stereocenters. The van der Waals surface area contributed by atoms with Crippen LogP contribution in [0, 0.1) is 5.92 Å². The Labute approximate surface area is 140 Å². The normalized spacial score (nSPS) is 18.7. The third-order valence-corrected chi connectivity index (χ3v) is 5.70. The molecule has 1 atom stereocenters. The molecule has 1 aromatic carbocycles. The van der Waals surface area contributed by atoms with Crippen molar-refractivity contribution in [3.05, 3.63) is 27.2 Å². The minimum atomic E-state index is -3.95. The molecular weight excluding hydrogens is 405 g/mol. The fourth-order valence-electron chi connectivity index (χ4n) is 1.95. The van der Waals surface area contributed by atoms with Crippen molar-refractivity contribution in [3.8, 4) is 0 Å². The van der Waals surface area contributed by atoms with E-state index in [-0.39, 0.29) is 21.4 Å². The van der Waals surface area contributed by atoms with Crippen LogP contribution in [-0.2, 0) is 13.8 Å². The van der Waals surface area contributed by atoms with Gasteiger partial charge in [0, 0.05) is 34.2 Å². The van der Waals surface area contributed by atoms with Crippen molar-refractivity contribution in [2.45, 2.75) is 11.3 Å². The minimum Gasteiger partial charge on any atom is -0.381 e.